The van der Waals surface area contributed by atoms with Crippen LogP contribution in [0.4, 0.5) is 18.9 Å². The third-order valence-electron chi connectivity index (χ3n) is 4.58. The second-order valence-corrected chi connectivity index (χ2v) is 7.15. The standard InChI is InChI=1S/C18H10Cl2F3N3O2/c19-10-5-9(24-7-27)6-11(20)14(10)18(1-2-18)17-25-16(28-26-17)8-3-12(21)15(23)13(22)4-8/h3-7H,1-2H2,(H,24,27). The number of hydrogen-bond acceptors (Lipinski definition) is 4. The fourth-order valence-corrected chi connectivity index (χ4v) is 3.96. The van der Waals surface area contributed by atoms with Crippen molar-refractivity contribution in [2.45, 2.75) is 18.3 Å². The highest BCUT2D eigenvalue weighted by Gasteiger charge is 2.52. The van der Waals surface area contributed by atoms with Gasteiger partial charge in [0.15, 0.2) is 23.3 Å². The van der Waals surface area contributed by atoms with Gasteiger partial charge in [0.1, 0.15) is 0 Å². The first-order chi connectivity index (χ1) is 13.4. The fourth-order valence-electron chi connectivity index (χ4n) is 3.11. The second-order valence-electron chi connectivity index (χ2n) is 6.34. The van der Waals surface area contributed by atoms with Crippen molar-refractivity contribution in [1.29, 1.82) is 0 Å². The molecule has 1 heterocycles. The van der Waals surface area contributed by atoms with Gasteiger partial charge in [0.25, 0.3) is 5.89 Å². The summed E-state index contributed by atoms with van der Waals surface area (Å²) < 4.78 is 45.2. The number of carbonyl (C=O) groups excluding carboxylic acids is 1. The van der Waals surface area contributed by atoms with Gasteiger partial charge in [-0.05, 0) is 37.1 Å². The smallest absolute Gasteiger partial charge is 0.258 e. The van der Waals surface area contributed by atoms with E-state index in [4.69, 9.17) is 27.7 Å². The van der Waals surface area contributed by atoms with Crippen molar-refractivity contribution in [3.63, 3.8) is 0 Å². The average Bonchev–Trinajstić information content (AvgIpc) is 3.26. The van der Waals surface area contributed by atoms with Crippen molar-refractivity contribution in [3.05, 3.63) is 63.2 Å². The van der Waals surface area contributed by atoms with E-state index in [1.165, 1.54) is 0 Å². The molecule has 0 spiro atoms. The van der Waals surface area contributed by atoms with Gasteiger partial charge in [-0.3, -0.25) is 4.79 Å². The van der Waals surface area contributed by atoms with Gasteiger partial charge >= 0.3 is 0 Å². The first-order valence-electron chi connectivity index (χ1n) is 8.04. The van der Waals surface area contributed by atoms with Crippen LogP contribution in [0, 0.1) is 17.5 Å². The molecule has 1 aromatic heterocycles. The summed E-state index contributed by atoms with van der Waals surface area (Å²) in [6, 6.07) is 4.64. The first-order valence-corrected chi connectivity index (χ1v) is 8.80. The number of halogens is 5. The quantitative estimate of drug-likeness (QED) is 0.453. The summed E-state index contributed by atoms with van der Waals surface area (Å²) in [4.78, 5) is 14.8. The molecule has 1 fully saturated rings. The minimum Gasteiger partial charge on any atom is -0.334 e. The largest absolute Gasteiger partial charge is 0.334 e. The van der Waals surface area contributed by atoms with Crippen molar-refractivity contribution in [2.75, 3.05) is 5.32 Å². The van der Waals surface area contributed by atoms with E-state index in [-0.39, 0.29) is 17.3 Å². The molecule has 3 aromatic rings. The number of carbonyl (C=O) groups is 1. The van der Waals surface area contributed by atoms with Gasteiger partial charge in [0, 0.05) is 26.9 Å². The minimum atomic E-state index is -1.58. The molecule has 1 aliphatic carbocycles. The molecule has 1 amide bonds. The van der Waals surface area contributed by atoms with Gasteiger partial charge < -0.3 is 9.84 Å². The molecule has 0 radical (unpaired) electrons. The summed E-state index contributed by atoms with van der Waals surface area (Å²) >= 11 is 12.7. The van der Waals surface area contributed by atoms with Gasteiger partial charge in [-0.25, -0.2) is 13.2 Å². The number of anilines is 1. The highest BCUT2D eigenvalue weighted by atomic mass is 35.5. The van der Waals surface area contributed by atoms with Gasteiger partial charge in [0.2, 0.25) is 6.41 Å². The zero-order valence-electron chi connectivity index (χ0n) is 13.9. The monoisotopic (exact) mass is 427 g/mol. The molecule has 1 aliphatic rings. The number of amides is 1. The molecule has 144 valence electrons. The Bertz CT molecular complexity index is 1050. The summed E-state index contributed by atoms with van der Waals surface area (Å²) in [6.45, 7) is 0. The summed E-state index contributed by atoms with van der Waals surface area (Å²) in [5.74, 6) is -4.22. The van der Waals surface area contributed by atoms with Crippen LogP contribution in [0.25, 0.3) is 11.5 Å². The Hall–Kier alpha value is -2.58. The Kier molecular flexibility index (Phi) is 4.55. The van der Waals surface area contributed by atoms with Crippen molar-refractivity contribution in [2.24, 2.45) is 0 Å². The molecule has 1 saturated carbocycles. The second kappa shape index (κ2) is 6.79. The summed E-state index contributed by atoms with van der Waals surface area (Å²) in [7, 11) is 0. The summed E-state index contributed by atoms with van der Waals surface area (Å²) in [6.07, 6.45) is 1.75. The Morgan fingerprint density at radius 1 is 1.07 bits per heavy atom. The molecular weight excluding hydrogens is 418 g/mol. The van der Waals surface area contributed by atoms with E-state index in [2.05, 4.69) is 15.5 Å². The Morgan fingerprint density at radius 3 is 2.21 bits per heavy atom. The number of benzene rings is 2. The highest BCUT2D eigenvalue weighted by Crippen LogP contribution is 2.57. The van der Waals surface area contributed by atoms with Crippen LogP contribution in [0.3, 0.4) is 0 Å². The van der Waals surface area contributed by atoms with Gasteiger partial charge in [0.05, 0.1) is 5.41 Å². The number of nitrogens with zero attached hydrogens (tertiary/aromatic N) is 2. The predicted molar refractivity (Wildman–Crippen MR) is 95.8 cm³/mol. The van der Waals surface area contributed by atoms with Gasteiger partial charge in [-0.2, -0.15) is 4.98 Å². The van der Waals surface area contributed by atoms with Crippen LogP contribution in [-0.4, -0.2) is 16.6 Å². The molecule has 0 bridgehead atoms. The van der Waals surface area contributed by atoms with Gasteiger partial charge in [-0.15, -0.1) is 0 Å². The van der Waals surface area contributed by atoms with E-state index < -0.39 is 22.9 Å². The zero-order chi connectivity index (χ0) is 20.1. The molecule has 0 saturated heterocycles. The van der Waals surface area contributed by atoms with E-state index in [1.807, 2.05) is 0 Å². The van der Waals surface area contributed by atoms with Crippen molar-refractivity contribution in [1.82, 2.24) is 10.1 Å². The summed E-state index contributed by atoms with van der Waals surface area (Å²) in [5.41, 5.74) is 0.188. The SMILES string of the molecule is O=CNc1cc(Cl)c(C2(c3noc(-c4cc(F)c(F)c(F)c4)n3)CC2)c(Cl)c1. The van der Waals surface area contributed by atoms with Crippen molar-refractivity contribution >= 4 is 35.3 Å². The average molecular weight is 428 g/mol. The van der Waals surface area contributed by atoms with E-state index in [0.717, 1.165) is 12.1 Å². The summed E-state index contributed by atoms with van der Waals surface area (Å²) in [5, 5.41) is 6.99. The maximum Gasteiger partial charge on any atom is 0.258 e. The lowest BCUT2D eigenvalue weighted by Gasteiger charge is -2.16. The Morgan fingerprint density at radius 2 is 1.68 bits per heavy atom. The molecule has 4 rings (SSSR count). The predicted octanol–water partition coefficient (Wildman–Crippen LogP) is 5.11. The van der Waals surface area contributed by atoms with Crippen molar-refractivity contribution < 1.29 is 22.5 Å². The molecule has 0 unspecified atom stereocenters. The lowest BCUT2D eigenvalue weighted by Crippen LogP contribution is -2.13. The van der Waals surface area contributed by atoms with Crippen LogP contribution in [0.2, 0.25) is 10.0 Å². The maximum atomic E-state index is 13.5. The molecule has 10 heteroatoms. The van der Waals surface area contributed by atoms with Crippen LogP contribution < -0.4 is 5.32 Å². The molecule has 0 atom stereocenters. The van der Waals surface area contributed by atoms with Crippen LogP contribution >= 0.6 is 23.2 Å². The number of nitrogens with one attached hydrogen (secondary N) is 1. The molecule has 0 aliphatic heterocycles. The highest BCUT2D eigenvalue weighted by molar-refractivity contribution is 6.37. The maximum absolute atomic E-state index is 13.5. The molecule has 28 heavy (non-hydrogen) atoms. The van der Waals surface area contributed by atoms with Crippen LogP contribution in [0.5, 0.6) is 0 Å². The zero-order valence-corrected chi connectivity index (χ0v) is 15.4. The minimum absolute atomic E-state index is 0.0892. The first kappa shape index (κ1) is 18.8. The van der Waals surface area contributed by atoms with Crippen LogP contribution in [0.1, 0.15) is 24.2 Å². The van der Waals surface area contributed by atoms with Crippen LogP contribution in [-0.2, 0) is 10.2 Å². The number of aromatic nitrogens is 2. The third-order valence-corrected chi connectivity index (χ3v) is 5.18. The molecule has 2 aromatic carbocycles. The topological polar surface area (TPSA) is 68.0 Å². The van der Waals surface area contributed by atoms with E-state index >= 15 is 0 Å². The van der Waals surface area contributed by atoms with Crippen LogP contribution in [0.15, 0.2) is 28.8 Å². The van der Waals surface area contributed by atoms with Gasteiger partial charge in [-0.1, -0.05) is 28.4 Å². The lowest BCUT2D eigenvalue weighted by molar-refractivity contribution is -0.105. The third kappa shape index (κ3) is 3.02. The normalized spacial score (nSPS) is 14.8. The van der Waals surface area contributed by atoms with E-state index in [0.29, 0.717) is 40.5 Å². The van der Waals surface area contributed by atoms with E-state index in [1.54, 1.807) is 12.1 Å². The molecule has 1 N–H and O–H groups in total. The Balaban J connectivity index is 1.74. The fraction of sp³-hybridized carbons (Fsp3) is 0.167. The number of rotatable bonds is 5. The van der Waals surface area contributed by atoms with Crippen molar-refractivity contribution in [3.8, 4) is 11.5 Å². The number of hydrogen-bond donors (Lipinski definition) is 1. The van der Waals surface area contributed by atoms with E-state index in [9.17, 15) is 18.0 Å². The molecular formula is C18H10Cl2F3N3O2. The Labute approximate surface area is 166 Å². The molecule has 5 nitrogen and oxygen atoms in total. The lowest BCUT2D eigenvalue weighted by atomic mass is 9.94.